The van der Waals surface area contributed by atoms with Gasteiger partial charge in [0.25, 0.3) is 11.8 Å². The lowest BCUT2D eigenvalue weighted by molar-refractivity contribution is -0.251. The van der Waals surface area contributed by atoms with Crippen molar-refractivity contribution >= 4 is 35.0 Å². The van der Waals surface area contributed by atoms with Crippen molar-refractivity contribution in [2.45, 2.75) is 45.4 Å². The average Bonchev–Trinajstić information content (AvgIpc) is 2.77. The molecule has 2 aliphatic rings. The first-order valence-electron chi connectivity index (χ1n) is 6.11. The fraction of sp³-hybridized carbons (Fsp3) is 0.667. The van der Waals surface area contributed by atoms with Crippen molar-refractivity contribution in [3.8, 4) is 0 Å². The van der Waals surface area contributed by atoms with Crippen LogP contribution in [0.25, 0.3) is 0 Å². The number of hydroxylamine groups is 2. The number of carbonyl (C=O) groups is 2. The Morgan fingerprint density at radius 2 is 1.74 bits per heavy atom. The fourth-order valence-corrected chi connectivity index (χ4v) is 2.53. The maximum atomic E-state index is 12.3. The molecule has 19 heavy (non-hydrogen) atoms. The van der Waals surface area contributed by atoms with Gasteiger partial charge in [0.15, 0.2) is 0 Å². The predicted octanol–water partition coefficient (Wildman–Crippen LogP) is 2.20. The highest BCUT2D eigenvalue weighted by Crippen LogP contribution is 2.33. The van der Waals surface area contributed by atoms with Gasteiger partial charge in [-0.05, 0) is 33.6 Å². The molecule has 1 saturated heterocycles. The smallest absolute Gasteiger partial charge is 0.292 e. The molecular weight excluding hydrogens is 291 g/mol. The quantitative estimate of drug-likeness (QED) is 0.746. The van der Waals surface area contributed by atoms with Gasteiger partial charge >= 0.3 is 0 Å². The van der Waals surface area contributed by atoms with Gasteiger partial charge in [-0.25, -0.2) is 0 Å². The van der Waals surface area contributed by atoms with Crippen LogP contribution < -0.4 is 0 Å². The number of rotatable bonds is 1. The van der Waals surface area contributed by atoms with Crippen molar-refractivity contribution in [3.05, 3.63) is 10.1 Å². The third kappa shape index (κ3) is 2.73. The summed E-state index contributed by atoms with van der Waals surface area (Å²) < 4.78 is 0. The van der Waals surface area contributed by atoms with Crippen molar-refractivity contribution < 1.29 is 14.4 Å². The van der Waals surface area contributed by atoms with E-state index in [0.29, 0.717) is 13.0 Å². The van der Waals surface area contributed by atoms with Crippen molar-refractivity contribution in [3.63, 3.8) is 0 Å². The second kappa shape index (κ2) is 4.96. The lowest BCUT2D eigenvalue weighted by Gasteiger charge is -2.35. The predicted molar refractivity (Wildman–Crippen MR) is 71.2 cm³/mol. The van der Waals surface area contributed by atoms with Crippen molar-refractivity contribution in [1.29, 1.82) is 0 Å². The summed E-state index contributed by atoms with van der Waals surface area (Å²) in [7, 11) is 0. The third-order valence-corrected chi connectivity index (χ3v) is 3.69. The van der Waals surface area contributed by atoms with E-state index in [-0.39, 0.29) is 10.1 Å². The highest BCUT2D eigenvalue weighted by atomic mass is 35.5. The first kappa shape index (κ1) is 14.6. The molecule has 2 heterocycles. The number of hydrogen-bond acceptors (Lipinski definition) is 3. The van der Waals surface area contributed by atoms with Crippen molar-refractivity contribution in [2.75, 3.05) is 6.54 Å². The molecule has 5 nitrogen and oxygen atoms in total. The van der Waals surface area contributed by atoms with Crippen LogP contribution in [0, 0.1) is 0 Å². The van der Waals surface area contributed by atoms with Gasteiger partial charge in [-0.2, -0.15) is 5.06 Å². The van der Waals surface area contributed by atoms with Gasteiger partial charge in [0, 0.05) is 6.54 Å². The minimum Gasteiger partial charge on any atom is -0.315 e. The summed E-state index contributed by atoms with van der Waals surface area (Å²) in [4.78, 5) is 31.6. The summed E-state index contributed by atoms with van der Waals surface area (Å²) in [5.74, 6) is -0.980. The summed E-state index contributed by atoms with van der Waals surface area (Å²) >= 11 is 11.8. The van der Waals surface area contributed by atoms with Crippen molar-refractivity contribution in [1.82, 2.24) is 9.96 Å². The molecule has 2 amide bonds. The van der Waals surface area contributed by atoms with Crippen LogP contribution in [-0.4, -0.2) is 40.1 Å². The molecule has 1 atom stereocenters. The van der Waals surface area contributed by atoms with Crippen LogP contribution in [0.4, 0.5) is 0 Å². The Balaban J connectivity index is 2.41. The van der Waals surface area contributed by atoms with Gasteiger partial charge in [-0.1, -0.05) is 23.2 Å². The highest BCUT2D eigenvalue weighted by Gasteiger charge is 2.44. The maximum absolute atomic E-state index is 12.3. The van der Waals surface area contributed by atoms with Crippen LogP contribution in [0.3, 0.4) is 0 Å². The third-order valence-electron chi connectivity index (χ3n) is 2.89. The normalized spacial score (nSPS) is 25.0. The van der Waals surface area contributed by atoms with E-state index >= 15 is 0 Å². The van der Waals surface area contributed by atoms with Crippen LogP contribution in [0.1, 0.15) is 33.6 Å². The molecule has 1 fully saturated rings. The molecule has 0 spiro atoms. The fourth-order valence-electron chi connectivity index (χ4n) is 2.17. The van der Waals surface area contributed by atoms with E-state index in [1.807, 2.05) is 20.8 Å². The van der Waals surface area contributed by atoms with E-state index < -0.39 is 23.6 Å². The molecule has 0 aromatic carbocycles. The Kier molecular flexibility index (Phi) is 3.82. The molecule has 0 aliphatic carbocycles. The molecule has 0 aromatic rings. The van der Waals surface area contributed by atoms with Gasteiger partial charge in [0.1, 0.15) is 16.2 Å². The molecule has 0 aromatic heterocycles. The van der Waals surface area contributed by atoms with Crippen LogP contribution in [0.5, 0.6) is 0 Å². The summed E-state index contributed by atoms with van der Waals surface area (Å²) in [5, 5.41) is 0.659. The van der Waals surface area contributed by atoms with Crippen LogP contribution >= 0.6 is 23.2 Å². The Morgan fingerprint density at radius 1 is 1.16 bits per heavy atom. The second-order valence-electron chi connectivity index (χ2n) is 5.58. The number of nitrogens with zero attached hydrogens (tertiary/aromatic N) is 2. The van der Waals surface area contributed by atoms with Gasteiger partial charge in [-0.3, -0.25) is 14.4 Å². The molecule has 106 valence electrons. The van der Waals surface area contributed by atoms with E-state index in [1.54, 1.807) is 0 Å². The molecule has 0 radical (unpaired) electrons. The van der Waals surface area contributed by atoms with Crippen molar-refractivity contribution in [2.24, 2.45) is 0 Å². The summed E-state index contributed by atoms with van der Waals surface area (Å²) in [5.41, 5.74) is -0.568. The van der Waals surface area contributed by atoms with Gasteiger partial charge in [-0.15, -0.1) is 0 Å². The molecule has 2 aliphatic heterocycles. The van der Waals surface area contributed by atoms with Gasteiger partial charge in [0.2, 0.25) is 0 Å². The second-order valence-corrected chi connectivity index (χ2v) is 6.34. The Labute approximate surface area is 122 Å². The standard InChI is InChI=1S/C12H16Cl2N2O3/c1-12(2,3)19-16-7-5-4-6-15(7)10(17)8(13)9(14)11(16)18/h7H,4-6H2,1-3H3. The number of halogens is 2. The van der Waals surface area contributed by atoms with E-state index in [4.69, 9.17) is 28.0 Å². The molecule has 7 heteroatoms. The summed E-state index contributed by atoms with van der Waals surface area (Å²) in [6.07, 6.45) is 1.02. The number of hydrogen-bond donors (Lipinski definition) is 0. The summed E-state index contributed by atoms with van der Waals surface area (Å²) in [6, 6.07) is 0. The van der Waals surface area contributed by atoms with Crippen LogP contribution in [0.2, 0.25) is 0 Å². The molecule has 2 rings (SSSR count). The number of carbonyl (C=O) groups excluding carboxylic acids is 2. The minimum atomic E-state index is -0.568. The SMILES string of the molecule is CC(C)(C)ON1C(=O)C(Cl)=C(Cl)C(=O)N2CCCC21. The molecular formula is C12H16Cl2N2O3. The summed E-state index contributed by atoms with van der Waals surface area (Å²) in [6.45, 7) is 6.02. The lowest BCUT2D eigenvalue weighted by Crippen LogP contribution is -2.50. The first-order chi connectivity index (χ1) is 8.72. The molecule has 0 bridgehead atoms. The van der Waals surface area contributed by atoms with E-state index in [0.717, 1.165) is 6.42 Å². The Bertz CT molecular complexity index is 456. The zero-order chi connectivity index (χ0) is 14.4. The van der Waals surface area contributed by atoms with E-state index in [1.165, 1.54) is 9.96 Å². The lowest BCUT2D eigenvalue weighted by atomic mass is 10.2. The van der Waals surface area contributed by atoms with Gasteiger partial charge in [0.05, 0.1) is 5.60 Å². The average molecular weight is 307 g/mol. The zero-order valence-electron chi connectivity index (χ0n) is 11.1. The van der Waals surface area contributed by atoms with E-state index in [2.05, 4.69) is 0 Å². The first-order valence-corrected chi connectivity index (χ1v) is 6.87. The number of amides is 2. The highest BCUT2D eigenvalue weighted by molar-refractivity contribution is 6.54. The van der Waals surface area contributed by atoms with Crippen LogP contribution in [-0.2, 0) is 14.4 Å². The van der Waals surface area contributed by atoms with E-state index in [9.17, 15) is 9.59 Å². The minimum absolute atomic E-state index is 0.237. The monoisotopic (exact) mass is 306 g/mol. The van der Waals surface area contributed by atoms with Crippen LogP contribution in [0.15, 0.2) is 10.1 Å². The topological polar surface area (TPSA) is 49.9 Å². The van der Waals surface area contributed by atoms with Gasteiger partial charge < -0.3 is 4.90 Å². The molecule has 0 N–H and O–H groups in total. The molecule has 1 unspecified atom stereocenters. The zero-order valence-corrected chi connectivity index (χ0v) is 12.6. The Hall–Kier alpha value is -0.780. The largest absolute Gasteiger partial charge is 0.315 e. The Morgan fingerprint density at radius 3 is 2.32 bits per heavy atom. The maximum Gasteiger partial charge on any atom is 0.292 e. The number of fused-ring (bicyclic) bond motifs is 1. The molecule has 0 saturated carbocycles.